The zero-order valence-corrected chi connectivity index (χ0v) is 13.9. The first-order valence-corrected chi connectivity index (χ1v) is 8.01. The van der Waals surface area contributed by atoms with Crippen LogP contribution in [0.2, 0.25) is 0 Å². The highest BCUT2D eigenvalue weighted by molar-refractivity contribution is 7.99. The standard InChI is InChI=1S/C15H24N4S/c1-6-17-15(5,10-16)8-7-9-20-14-18-12(3)11(2)13(4)19-14/h17H,6-9H2,1-5H3. The molecule has 1 N–H and O–H groups in total. The first-order valence-electron chi connectivity index (χ1n) is 7.03. The summed E-state index contributed by atoms with van der Waals surface area (Å²) < 4.78 is 0. The average molecular weight is 292 g/mol. The molecular formula is C15H24N4S. The quantitative estimate of drug-likeness (QED) is 0.475. The highest BCUT2D eigenvalue weighted by Gasteiger charge is 2.21. The van der Waals surface area contributed by atoms with Crippen molar-refractivity contribution in [3.05, 3.63) is 17.0 Å². The lowest BCUT2D eigenvalue weighted by Gasteiger charge is -2.22. The normalized spacial score (nSPS) is 13.8. The SMILES string of the molecule is CCNC(C)(C#N)CCCSc1nc(C)c(C)c(C)n1. The van der Waals surface area contributed by atoms with Gasteiger partial charge in [0.05, 0.1) is 6.07 Å². The van der Waals surface area contributed by atoms with Crippen LogP contribution in [-0.2, 0) is 0 Å². The van der Waals surface area contributed by atoms with Gasteiger partial charge in [0.15, 0.2) is 5.16 Å². The monoisotopic (exact) mass is 292 g/mol. The van der Waals surface area contributed by atoms with Crippen LogP contribution < -0.4 is 5.32 Å². The predicted molar refractivity (Wildman–Crippen MR) is 83.9 cm³/mol. The Hall–Kier alpha value is -1.12. The van der Waals surface area contributed by atoms with Gasteiger partial charge in [-0.05, 0) is 52.6 Å². The van der Waals surface area contributed by atoms with Crippen LogP contribution in [0.25, 0.3) is 0 Å². The van der Waals surface area contributed by atoms with Gasteiger partial charge in [0, 0.05) is 17.1 Å². The summed E-state index contributed by atoms with van der Waals surface area (Å²) in [5, 5.41) is 13.3. The number of nitrogens with one attached hydrogen (secondary N) is 1. The lowest BCUT2D eigenvalue weighted by atomic mass is 9.98. The molecule has 0 bridgehead atoms. The molecule has 1 heterocycles. The third-order valence-corrected chi connectivity index (χ3v) is 4.41. The highest BCUT2D eigenvalue weighted by Crippen LogP contribution is 2.20. The zero-order valence-electron chi connectivity index (χ0n) is 13.1. The molecule has 1 aromatic rings. The van der Waals surface area contributed by atoms with Crippen molar-refractivity contribution in [2.45, 2.75) is 58.2 Å². The van der Waals surface area contributed by atoms with Crippen molar-refractivity contribution in [2.24, 2.45) is 0 Å². The first-order chi connectivity index (χ1) is 9.41. The second-order valence-electron chi connectivity index (χ2n) is 5.23. The van der Waals surface area contributed by atoms with Crippen molar-refractivity contribution >= 4 is 11.8 Å². The molecule has 0 radical (unpaired) electrons. The van der Waals surface area contributed by atoms with E-state index in [1.807, 2.05) is 34.6 Å². The van der Waals surface area contributed by atoms with Crippen molar-refractivity contribution in [1.82, 2.24) is 15.3 Å². The molecule has 0 saturated carbocycles. The van der Waals surface area contributed by atoms with Crippen LogP contribution >= 0.6 is 11.8 Å². The summed E-state index contributed by atoms with van der Waals surface area (Å²) in [5.41, 5.74) is 2.84. The van der Waals surface area contributed by atoms with Gasteiger partial charge in [0.25, 0.3) is 0 Å². The van der Waals surface area contributed by atoms with E-state index < -0.39 is 5.54 Å². The van der Waals surface area contributed by atoms with Gasteiger partial charge in [-0.3, -0.25) is 5.32 Å². The Morgan fingerprint density at radius 2 is 1.85 bits per heavy atom. The lowest BCUT2D eigenvalue weighted by Crippen LogP contribution is -2.40. The first kappa shape index (κ1) is 16.9. The van der Waals surface area contributed by atoms with E-state index in [4.69, 9.17) is 0 Å². The molecule has 1 atom stereocenters. The van der Waals surface area contributed by atoms with Gasteiger partial charge in [-0.2, -0.15) is 5.26 Å². The number of aromatic nitrogens is 2. The van der Waals surface area contributed by atoms with Gasteiger partial charge in [-0.1, -0.05) is 18.7 Å². The van der Waals surface area contributed by atoms with Crippen molar-refractivity contribution in [3.8, 4) is 6.07 Å². The van der Waals surface area contributed by atoms with Crippen molar-refractivity contribution in [1.29, 1.82) is 5.26 Å². The molecule has 0 aliphatic carbocycles. The third-order valence-electron chi connectivity index (χ3n) is 3.48. The van der Waals surface area contributed by atoms with E-state index in [1.165, 1.54) is 5.56 Å². The Bertz CT molecular complexity index is 472. The molecule has 20 heavy (non-hydrogen) atoms. The molecule has 0 fully saturated rings. The molecule has 1 aromatic heterocycles. The maximum atomic E-state index is 9.19. The number of aryl methyl sites for hydroxylation is 2. The summed E-state index contributed by atoms with van der Waals surface area (Å²) >= 11 is 1.67. The van der Waals surface area contributed by atoms with Crippen LogP contribution in [0.4, 0.5) is 0 Å². The second kappa shape index (κ2) is 7.61. The van der Waals surface area contributed by atoms with Crippen LogP contribution in [-0.4, -0.2) is 27.8 Å². The smallest absolute Gasteiger partial charge is 0.187 e. The molecule has 4 nitrogen and oxygen atoms in total. The minimum absolute atomic E-state index is 0.421. The highest BCUT2D eigenvalue weighted by atomic mass is 32.2. The number of hydrogen-bond acceptors (Lipinski definition) is 5. The largest absolute Gasteiger partial charge is 0.300 e. The molecule has 0 amide bonds. The van der Waals surface area contributed by atoms with Gasteiger partial charge in [0.2, 0.25) is 0 Å². The molecule has 0 aliphatic rings. The summed E-state index contributed by atoms with van der Waals surface area (Å²) in [6, 6.07) is 2.35. The predicted octanol–water partition coefficient (Wildman–Crippen LogP) is 3.17. The molecular weight excluding hydrogens is 268 g/mol. The van der Waals surface area contributed by atoms with E-state index in [0.29, 0.717) is 0 Å². The van der Waals surface area contributed by atoms with Crippen LogP contribution in [0.3, 0.4) is 0 Å². The minimum Gasteiger partial charge on any atom is -0.300 e. The molecule has 110 valence electrons. The molecule has 1 unspecified atom stereocenters. The van der Waals surface area contributed by atoms with E-state index in [9.17, 15) is 5.26 Å². The molecule has 1 rings (SSSR count). The maximum absolute atomic E-state index is 9.19. The van der Waals surface area contributed by atoms with Crippen molar-refractivity contribution in [2.75, 3.05) is 12.3 Å². The zero-order chi connectivity index (χ0) is 15.2. The Morgan fingerprint density at radius 3 is 2.35 bits per heavy atom. The number of nitrogens with zero attached hydrogens (tertiary/aromatic N) is 3. The van der Waals surface area contributed by atoms with Crippen LogP contribution in [0.1, 0.15) is 43.6 Å². The fourth-order valence-electron chi connectivity index (χ4n) is 1.97. The average Bonchev–Trinajstić information content (AvgIpc) is 2.41. The number of hydrogen-bond donors (Lipinski definition) is 1. The minimum atomic E-state index is -0.421. The van der Waals surface area contributed by atoms with Crippen LogP contribution in [0.15, 0.2) is 5.16 Å². The van der Waals surface area contributed by atoms with Gasteiger partial charge in [-0.15, -0.1) is 0 Å². The summed E-state index contributed by atoms with van der Waals surface area (Å²) in [6.07, 6.45) is 1.81. The molecule has 0 aromatic carbocycles. The van der Waals surface area contributed by atoms with Gasteiger partial charge in [-0.25, -0.2) is 9.97 Å². The topological polar surface area (TPSA) is 61.6 Å². The summed E-state index contributed by atoms with van der Waals surface area (Å²) in [4.78, 5) is 8.99. The summed E-state index contributed by atoms with van der Waals surface area (Å²) in [5.74, 6) is 0.935. The van der Waals surface area contributed by atoms with E-state index in [-0.39, 0.29) is 0 Å². The lowest BCUT2D eigenvalue weighted by molar-refractivity contribution is 0.426. The summed E-state index contributed by atoms with van der Waals surface area (Å²) in [7, 11) is 0. The van der Waals surface area contributed by atoms with E-state index in [2.05, 4.69) is 21.4 Å². The van der Waals surface area contributed by atoms with Crippen molar-refractivity contribution < 1.29 is 0 Å². The Labute approximate surface area is 126 Å². The maximum Gasteiger partial charge on any atom is 0.187 e. The fourth-order valence-corrected chi connectivity index (χ4v) is 2.84. The van der Waals surface area contributed by atoms with Crippen molar-refractivity contribution in [3.63, 3.8) is 0 Å². The summed E-state index contributed by atoms with van der Waals surface area (Å²) in [6.45, 7) is 10.9. The third kappa shape index (κ3) is 4.77. The molecule has 0 spiro atoms. The number of rotatable bonds is 7. The Morgan fingerprint density at radius 1 is 1.25 bits per heavy atom. The fraction of sp³-hybridized carbons (Fsp3) is 0.667. The number of nitriles is 1. The van der Waals surface area contributed by atoms with E-state index in [1.54, 1.807) is 11.8 Å². The molecule has 0 saturated heterocycles. The van der Waals surface area contributed by atoms with E-state index >= 15 is 0 Å². The van der Waals surface area contributed by atoms with E-state index in [0.717, 1.165) is 41.7 Å². The van der Waals surface area contributed by atoms with Gasteiger partial charge < -0.3 is 0 Å². The molecule has 5 heteroatoms. The Balaban J connectivity index is 2.48. The Kier molecular flexibility index (Phi) is 6.44. The van der Waals surface area contributed by atoms with Crippen LogP contribution in [0, 0.1) is 32.1 Å². The second-order valence-corrected chi connectivity index (χ2v) is 6.29. The molecule has 0 aliphatic heterocycles. The van der Waals surface area contributed by atoms with Crippen LogP contribution in [0.5, 0.6) is 0 Å². The van der Waals surface area contributed by atoms with Gasteiger partial charge >= 0.3 is 0 Å². The number of thioether (sulfide) groups is 1. The van der Waals surface area contributed by atoms with Gasteiger partial charge in [0.1, 0.15) is 5.54 Å².